The Morgan fingerprint density at radius 3 is 2.83 bits per heavy atom. The number of nitrogens with one attached hydrogen (secondary N) is 1. The molecule has 1 saturated heterocycles. The summed E-state index contributed by atoms with van der Waals surface area (Å²) in [6.07, 6.45) is 2.53. The first-order chi connectivity index (χ1) is 11.6. The smallest absolute Gasteiger partial charge is 0.193 e. The Morgan fingerprint density at radius 2 is 2.12 bits per heavy atom. The SMILES string of the molecule is CCCN1CCC(CN=C(NCC)N(C)Cc2ccccc2C)C1. The van der Waals surface area contributed by atoms with Crippen molar-refractivity contribution < 1.29 is 0 Å². The van der Waals surface area contributed by atoms with Gasteiger partial charge >= 0.3 is 0 Å². The molecule has 24 heavy (non-hydrogen) atoms. The van der Waals surface area contributed by atoms with E-state index >= 15 is 0 Å². The molecule has 1 aliphatic rings. The molecule has 0 aromatic heterocycles. The van der Waals surface area contributed by atoms with Crippen molar-refractivity contribution in [3.05, 3.63) is 35.4 Å². The van der Waals surface area contributed by atoms with Crippen LogP contribution in [0.4, 0.5) is 0 Å². The fraction of sp³-hybridized carbons (Fsp3) is 0.650. The van der Waals surface area contributed by atoms with Crippen LogP contribution < -0.4 is 5.32 Å². The normalized spacial score (nSPS) is 18.8. The van der Waals surface area contributed by atoms with Crippen molar-refractivity contribution in [1.82, 2.24) is 15.1 Å². The number of rotatable bonds is 7. The average molecular weight is 331 g/mol. The second kappa shape index (κ2) is 9.67. The quantitative estimate of drug-likeness (QED) is 0.615. The van der Waals surface area contributed by atoms with Crippen LogP contribution in [0.3, 0.4) is 0 Å². The maximum atomic E-state index is 4.92. The molecule has 1 aromatic carbocycles. The molecule has 1 fully saturated rings. The van der Waals surface area contributed by atoms with Crippen molar-refractivity contribution in [2.45, 2.75) is 40.2 Å². The maximum absolute atomic E-state index is 4.92. The number of nitrogens with zero attached hydrogens (tertiary/aromatic N) is 3. The third-order valence-corrected chi connectivity index (χ3v) is 4.77. The molecule has 4 heteroatoms. The topological polar surface area (TPSA) is 30.9 Å². The van der Waals surface area contributed by atoms with E-state index in [1.807, 2.05) is 0 Å². The van der Waals surface area contributed by atoms with Gasteiger partial charge in [0.05, 0.1) is 0 Å². The number of benzene rings is 1. The van der Waals surface area contributed by atoms with Gasteiger partial charge in [0.15, 0.2) is 5.96 Å². The molecule has 0 spiro atoms. The summed E-state index contributed by atoms with van der Waals surface area (Å²) in [5.41, 5.74) is 2.70. The van der Waals surface area contributed by atoms with Gasteiger partial charge in [0.25, 0.3) is 0 Å². The van der Waals surface area contributed by atoms with Crippen molar-refractivity contribution in [1.29, 1.82) is 0 Å². The number of hydrogen-bond donors (Lipinski definition) is 1. The summed E-state index contributed by atoms with van der Waals surface area (Å²) in [5, 5.41) is 3.44. The number of aliphatic imine (C=N–C) groups is 1. The Hall–Kier alpha value is -1.55. The van der Waals surface area contributed by atoms with E-state index in [4.69, 9.17) is 4.99 Å². The van der Waals surface area contributed by atoms with Crippen molar-refractivity contribution in [2.75, 3.05) is 39.8 Å². The van der Waals surface area contributed by atoms with Crippen LogP contribution >= 0.6 is 0 Å². The van der Waals surface area contributed by atoms with Crippen LogP contribution in [0.25, 0.3) is 0 Å². The first-order valence-corrected chi connectivity index (χ1v) is 9.40. The van der Waals surface area contributed by atoms with Gasteiger partial charge in [-0.05, 0) is 56.8 Å². The lowest BCUT2D eigenvalue weighted by atomic mass is 10.1. The van der Waals surface area contributed by atoms with Gasteiger partial charge in [-0.2, -0.15) is 0 Å². The molecule has 0 amide bonds. The Balaban J connectivity index is 1.94. The first-order valence-electron chi connectivity index (χ1n) is 9.40. The van der Waals surface area contributed by atoms with Crippen LogP contribution in [-0.4, -0.2) is 55.5 Å². The molecule has 0 aliphatic carbocycles. The van der Waals surface area contributed by atoms with E-state index < -0.39 is 0 Å². The van der Waals surface area contributed by atoms with Gasteiger partial charge in [-0.3, -0.25) is 4.99 Å². The number of likely N-dealkylation sites (tertiary alicyclic amines) is 1. The number of guanidine groups is 1. The number of aryl methyl sites for hydroxylation is 1. The zero-order valence-corrected chi connectivity index (χ0v) is 15.9. The second-order valence-corrected chi connectivity index (χ2v) is 6.93. The van der Waals surface area contributed by atoms with Crippen LogP contribution in [-0.2, 0) is 6.54 Å². The highest BCUT2D eigenvalue weighted by atomic mass is 15.3. The predicted octanol–water partition coefficient (Wildman–Crippen LogP) is 3.12. The van der Waals surface area contributed by atoms with Gasteiger partial charge < -0.3 is 15.1 Å². The fourth-order valence-electron chi connectivity index (χ4n) is 3.38. The minimum absolute atomic E-state index is 0.706. The van der Waals surface area contributed by atoms with Crippen LogP contribution in [0.5, 0.6) is 0 Å². The van der Waals surface area contributed by atoms with E-state index in [1.165, 1.54) is 43.6 Å². The minimum atomic E-state index is 0.706. The molecule has 0 saturated carbocycles. The Kier molecular flexibility index (Phi) is 7.57. The van der Waals surface area contributed by atoms with Crippen LogP contribution in [0.15, 0.2) is 29.3 Å². The Labute approximate surface area is 147 Å². The van der Waals surface area contributed by atoms with Gasteiger partial charge in [0, 0.05) is 33.2 Å². The monoisotopic (exact) mass is 330 g/mol. The van der Waals surface area contributed by atoms with Gasteiger partial charge in [-0.25, -0.2) is 0 Å². The van der Waals surface area contributed by atoms with Gasteiger partial charge in [0.2, 0.25) is 0 Å². The van der Waals surface area contributed by atoms with Crippen LogP contribution in [0.1, 0.15) is 37.8 Å². The molecule has 1 unspecified atom stereocenters. The standard InChI is InChI=1S/C20H34N4/c1-5-12-24-13-11-18(15-24)14-22-20(21-6-2)23(4)16-19-10-8-7-9-17(19)3/h7-10,18H,5-6,11-16H2,1-4H3,(H,21,22). The molecule has 134 valence electrons. The summed E-state index contributed by atoms with van der Waals surface area (Å²) in [5.74, 6) is 1.73. The molecular weight excluding hydrogens is 296 g/mol. The summed E-state index contributed by atoms with van der Waals surface area (Å²) in [6.45, 7) is 13.0. The minimum Gasteiger partial charge on any atom is -0.357 e. The van der Waals surface area contributed by atoms with E-state index in [9.17, 15) is 0 Å². The third kappa shape index (κ3) is 5.52. The highest BCUT2D eigenvalue weighted by Crippen LogP contribution is 2.17. The zero-order chi connectivity index (χ0) is 17.4. The highest BCUT2D eigenvalue weighted by molar-refractivity contribution is 5.79. The maximum Gasteiger partial charge on any atom is 0.193 e. The van der Waals surface area contributed by atoms with E-state index in [0.717, 1.165) is 25.6 Å². The van der Waals surface area contributed by atoms with Gasteiger partial charge in [0.1, 0.15) is 0 Å². The second-order valence-electron chi connectivity index (χ2n) is 6.93. The molecule has 0 bridgehead atoms. The molecule has 1 atom stereocenters. The first kappa shape index (κ1) is 18.8. The summed E-state index contributed by atoms with van der Waals surface area (Å²) in [6, 6.07) is 8.59. The molecule has 1 aromatic rings. The summed E-state index contributed by atoms with van der Waals surface area (Å²) >= 11 is 0. The zero-order valence-electron chi connectivity index (χ0n) is 15.9. The highest BCUT2D eigenvalue weighted by Gasteiger charge is 2.21. The van der Waals surface area contributed by atoms with Crippen LogP contribution in [0.2, 0.25) is 0 Å². The van der Waals surface area contributed by atoms with Crippen molar-refractivity contribution >= 4 is 5.96 Å². The lowest BCUT2D eigenvalue weighted by Gasteiger charge is -2.23. The van der Waals surface area contributed by atoms with E-state index in [2.05, 4.69) is 67.2 Å². The molecule has 4 nitrogen and oxygen atoms in total. The lowest BCUT2D eigenvalue weighted by Crippen LogP contribution is -2.39. The fourth-order valence-corrected chi connectivity index (χ4v) is 3.38. The Bertz CT molecular complexity index is 526. The largest absolute Gasteiger partial charge is 0.357 e. The summed E-state index contributed by atoms with van der Waals surface area (Å²) in [7, 11) is 2.13. The van der Waals surface area contributed by atoms with Crippen molar-refractivity contribution in [3.63, 3.8) is 0 Å². The predicted molar refractivity (Wildman–Crippen MR) is 103 cm³/mol. The molecule has 1 heterocycles. The average Bonchev–Trinajstić information content (AvgIpc) is 3.01. The third-order valence-electron chi connectivity index (χ3n) is 4.77. The Morgan fingerprint density at radius 1 is 1.33 bits per heavy atom. The van der Waals surface area contributed by atoms with E-state index in [-0.39, 0.29) is 0 Å². The van der Waals surface area contributed by atoms with Gasteiger partial charge in [-0.1, -0.05) is 31.2 Å². The summed E-state index contributed by atoms with van der Waals surface area (Å²) in [4.78, 5) is 9.73. The summed E-state index contributed by atoms with van der Waals surface area (Å²) < 4.78 is 0. The van der Waals surface area contributed by atoms with E-state index in [0.29, 0.717) is 5.92 Å². The molecule has 0 radical (unpaired) electrons. The lowest BCUT2D eigenvalue weighted by molar-refractivity contribution is 0.326. The van der Waals surface area contributed by atoms with Crippen LogP contribution in [0, 0.1) is 12.8 Å². The van der Waals surface area contributed by atoms with Crippen molar-refractivity contribution in [3.8, 4) is 0 Å². The molecule has 1 N–H and O–H groups in total. The van der Waals surface area contributed by atoms with Crippen molar-refractivity contribution in [2.24, 2.45) is 10.9 Å². The van der Waals surface area contributed by atoms with Gasteiger partial charge in [-0.15, -0.1) is 0 Å². The molecule has 1 aliphatic heterocycles. The molecule has 2 rings (SSSR count). The molecular formula is C20H34N4. The van der Waals surface area contributed by atoms with E-state index in [1.54, 1.807) is 0 Å². The number of hydrogen-bond acceptors (Lipinski definition) is 2.